The van der Waals surface area contributed by atoms with E-state index in [9.17, 15) is 5.11 Å². The molecule has 4 nitrogen and oxygen atoms in total. The monoisotopic (exact) mass is 163 g/mol. The van der Waals surface area contributed by atoms with Crippen LogP contribution in [0.2, 0.25) is 0 Å². The summed E-state index contributed by atoms with van der Waals surface area (Å²) in [7, 11) is 1.54. The van der Waals surface area contributed by atoms with E-state index in [-0.39, 0.29) is 13.2 Å². The minimum Gasteiger partial charge on any atom is -0.395 e. The standard InChI is InChI=1S/C7H17NO3/c1-3-8(4-5-9)7(10)6-11-2/h7,9-10H,3-6H2,1-2H3. The third-order valence-corrected chi connectivity index (χ3v) is 1.53. The topological polar surface area (TPSA) is 52.9 Å². The van der Waals surface area contributed by atoms with E-state index in [4.69, 9.17) is 9.84 Å². The Morgan fingerprint density at radius 1 is 1.55 bits per heavy atom. The van der Waals surface area contributed by atoms with Crippen molar-refractivity contribution in [2.24, 2.45) is 0 Å². The van der Waals surface area contributed by atoms with Gasteiger partial charge in [-0.25, -0.2) is 0 Å². The van der Waals surface area contributed by atoms with Gasteiger partial charge in [0.1, 0.15) is 6.23 Å². The second-order valence-electron chi connectivity index (χ2n) is 2.29. The Labute approximate surface area is 67.4 Å². The molecular formula is C7H17NO3. The summed E-state index contributed by atoms with van der Waals surface area (Å²) in [6.45, 7) is 3.48. The summed E-state index contributed by atoms with van der Waals surface area (Å²) in [4.78, 5) is 1.74. The molecule has 11 heavy (non-hydrogen) atoms. The van der Waals surface area contributed by atoms with Gasteiger partial charge in [0.25, 0.3) is 0 Å². The molecule has 1 unspecified atom stereocenters. The molecule has 0 radical (unpaired) electrons. The average Bonchev–Trinajstić information content (AvgIpc) is 2.00. The van der Waals surface area contributed by atoms with Gasteiger partial charge in [0.05, 0.1) is 13.2 Å². The van der Waals surface area contributed by atoms with Gasteiger partial charge in [-0.2, -0.15) is 0 Å². The largest absolute Gasteiger partial charge is 0.395 e. The summed E-state index contributed by atoms with van der Waals surface area (Å²) >= 11 is 0. The van der Waals surface area contributed by atoms with Crippen molar-refractivity contribution in [1.82, 2.24) is 4.90 Å². The Morgan fingerprint density at radius 3 is 2.55 bits per heavy atom. The van der Waals surface area contributed by atoms with Gasteiger partial charge in [0.2, 0.25) is 0 Å². The van der Waals surface area contributed by atoms with Crippen LogP contribution in [0.1, 0.15) is 6.92 Å². The third-order valence-electron chi connectivity index (χ3n) is 1.53. The van der Waals surface area contributed by atoms with Crippen LogP contribution in [-0.4, -0.2) is 54.8 Å². The Kier molecular flexibility index (Phi) is 6.45. The predicted octanol–water partition coefficient (Wildman–Crippen LogP) is -0.735. The maximum Gasteiger partial charge on any atom is 0.131 e. The third kappa shape index (κ3) is 4.31. The minimum atomic E-state index is -0.600. The fourth-order valence-corrected chi connectivity index (χ4v) is 0.901. The number of likely N-dealkylation sites (N-methyl/N-ethyl adjacent to an activating group) is 1. The van der Waals surface area contributed by atoms with E-state index in [1.807, 2.05) is 6.92 Å². The van der Waals surface area contributed by atoms with E-state index in [0.717, 1.165) is 0 Å². The Balaban J connectivity index is 3.61. The number of aliphatic hydroxyl groups excluding tert-OH is 2. The summed E-state index contributed by atoms with van der Waals surface area (Å²) in [6, 6.07) is 0. The van der Waals surface area contributed by atoms with Crippen LogP contribution in [0.5, 0.6) is 0 Å². The van der Waals surface area contributed by atoms with E-state index < -0.39 is 6.23 Å². The number of nitrogens with zero attached hydrogens (tertiary/aromatic N) is 1. The molecule has 68 valence electrons. The SMILES string of the molecule is CCN(CCO)C(O)COC. The second-order valence-corrected chi connectivity index (χ2v) is 2.29. The van der Waals surface area contributed by atoms with Gasteiger partial charge < -0.3 is 14.9 Å². The van der Waals surface area contributed by atoms with Crippen LogP contribution in [0.15, 0.2) is 0 Å². The van der Waals surface area contributed by atoms with Crippen molar-refractivity contribution in [3.8, 4) is 0 Å². The van der Waals surface area contributed by atoms with Crippen LogP contribution in [0.4, 0.5) is 0 Å². The summed E-state index contributed by atoms with van der Waals surface area (Å²) in [5.41, 5.74) is 0. The first-order valence-corrected chi connectivity index (χ1v) is 3.78. The molecular weight excluding hydrogens is 146 g/mol. The lowest BCUT2D eigenvalue weighted by Gasteiger charge is -2.24. The second kappa shape index (κ2) is 6.54. The summed E-state index contributed by atoms with van der Waals surface area (Å²) in [5.74, 6) is 0. The quantitative estimate of drug-likeness (QED) is 0.507. The Morgan fingerprint density at radius 2 is 2.18 bits per heavy atom. The zero-order valence-electron chi connectivity index (χ0n) is 7.16. The van der Waals surface area contributed by atoms with Crippen molar-refractivity contribution in [3.05, 3.63) is 0 Å². The molecule has 4 heteroatoms. The van der Waals surface area contributed by atoms with Crippen LogP contribution in [0.25, 0.3) is 0 Å². The predicted molar refractivity (Wildman–Crippen MR) is 42.2 cm³/mol. The molecule has 0 spiro atoms. The number of methoxy groups -OCH3 is 1. The van der Waals surface area contributed by atoms with Crippen molar-refractivity contribution < 1.29 is 14.9 Å². The van der Waals surface area contributed by atoms with Gasteiger partial charge >= 0.3 is 0 Å². The van der Waals surface area contributed by atoms with Crippen molar-refractivity contribution in [3.63, 3.8) is 0 Å². The lowest BCUT2D eigenvalue weighted by molar-refractivity contribution is -0.0496. The Hall–Kier alpha value is -0.160. The number of hydrogen-bond acceptors (Lipinski definition) is 4. The van der Waals surface area contributed by atoms with Crippen LogP contribution in [-0.2, 0) is 4.74 Å². The Bertz CT molecular complexity index is 89.8. The molecule has 0 saturated carbocycles. The summed E-state index contributed by atoms with van der Waals surface area (Å²) in [6.07, 6.45) is -0.600. The molecule has 0 aliphatic carbocycles. The molecule has 0 aromatic rings. The zero-order valence-corrected chi connectivity index (χ0v) is 7.16. The first-order chi connectivity index (χ1) is 5.26. The van der Waals surface area contributed by atoms with Crippen molar-refractivity contribution >= 4 is 0 Å². The van der Waals surface area contributed by atoms with E-state index in [1.165, 1.54) is 7.11 Å². The molecule has 0 fully saturated rings. The lowest BCUT2D eigenvalue weighted by Crippen LogP contribution is -2.39. The first kappa shape index (κ1) is 10.8. The van der Waals surface area contributed by atoms with Gasteiger partial charge in [0, 0.05) is 13.7 Å². The number of rotatable bonds is 6. The average molecular weight is 163 g/mol. The molecule has 2 N–H and O–H groups in total. The van der Waals surface area contributed by atoms with Crippen LogP contribution in [0, 0.1) is 0 Å². The number of ether oxygens (including phenoxy) is 1. The molecule has 0 aliphatic rings. The molecule has 0 heterocycles. The van der Waals surface area contributed by atoms with Gasteiger partial charge in [-0.05, 0) is 6.54 Å². The zero-order chi connectivity index (χ0) is 8.69. The molecule has 0 aromatic heterocycles. The fraction of sp³-hybridized carbons (Fsp3) is 1.00. The van der Waals surface area contributed by atoms with Crippen LogP contribution in [0.3, 0.4) is 0 Å². The van der Waals surface area contributed by atoms with Gasteiger partial charge in [0.15, 0.2) is 0 Å². The highest BCUT2D eigenvalue weighted by Gasteiger charge is 2.11. The number of hydrogen-bond donors (Lipinski definition) is 2. The van der Waals surface area contributed by atoms with Gasteiger partial charge in [-0.15, -0.1) is 0 Å². The molecule has 0 rings (SSSR count). The lowest BCUT2D eigenvalue weighted by atomic mass is 10.4. The molecule has 0 bridgehead atoms. The van der Waals surface area contributed by atoms with Gasteiger partial charge in [-0.3, -0.25) is 4.90 Å². The van der Waals surface area contributed by atoms with E-state index in [0.29, 0.717) is 13.1 Å². The highest BCUT2D eigenvalue weighted by molar-refractivity contribution is 4.57. The van der Waals surface area contributed by atoms with Crippen molar-refractivity contribution in [1.29, 1.82) is 0 Å². The minimum absolute atomic E-state index is 0.0641. The van der Waals surface area contributed by atoms with E-state index >= 15 is 0 Å². The highest BCUT2D eigenvalue weighted by atomic mass is 16.5. The normalized spacial score (nSPS) is 13.9. The molecule has 0 amide bonds. The van der Waals surface area contributed by atoms with Crippen molar-refractivity contribution in [2.75, 3.05) is 33.4 Å². The fourth-order valence-electron chi connectivity index (χ4n) is 0.901. The smallest absolute Gasteiger partial charge is 0.131 e. The molecule has 0 aromatic carbocycles. The van der Waals surface area contributed by atoms with Crippen LogP contribution >= 0.6 is 0 Å². The van der Waals surface area contributed by atoms with E-state index in [2.05, 4.69) is 0 Å². The van der Waals surface area contributed by atoms with Crippen molar-refractivity contribution in [2.45, 2.75) is 13.2 Å². The molecule has 1 atom stereocenters. The molecule has 0 aliphatic heterocycles. The van der Waals surface area contributed by atoms with Crippen LogP contribution < -0.4 is 0 Å². The summed E-state index contributed by atoms with van der Waals surface area (Å²) in [5, 5.41) is 17.9. The van der Waals surface area contributed by atoms with E-state index in [1.54, 1.807) is 4.90 Å². The maximum atomic E-state index is 9.33. The highest BCUT2D eigenvalue weighted by Crippen LogP contribution is 1.94. The molecule has 0 saturated heterocycles. The van der Waals surface area contributed by atoms with Gasteiger partial charge in [-0.1, -0.05) is 6.92 Å². The maximum absolute atomic E-state index is 9.33. The first-order valence-electron chi connectivity index (χ1n) is 3.78. The number of aliphatic hydroxyl groups is 2. The summed E-state index contributed by atoms with van der Waals surface area (Å²) < 4.78 is 4.76.